The lowest BCUT2D eigenvalue weighted by molar-refractivity contribution is 0.559. The molecule has 0 aliphatic carbocycles. The average molecular weight is 319 g/mol. The Kier molecular flexibility index (Phi) is 3.49. The third-order valence-electron chi connectivity index (χ3n) is 3.77. The molecule has 4 rings (SSSR count). The van der Waals surface area contributed by atoms with E-state index in [2.05, 4.69) is 20.4 Å². The summed E-state index contributed by atoms with van der Waals surface area (Å²) in [5.74, 6) is 2.23. The number of aryl methyl sites for hydroxylation is 2. The van der Waals surface area contributed by atoms with E-state index in [0.29, 0.717) is 18.2 Å². The molecule has 0 amide bonds. The van der Waals surface area contributed by atoms with Crippen LogP contribution in [0.15, 0.2) is 53.2 Å². The highest BCUT2D eigenvalue weighted by molar-refractivity contribution is 5.77. The Hall–Kier alpha value is -3.15. The number of hydrogen-bond acceptors (Lipinski definition) is 5. The zero-order valence-electron chi connectivity index (χ0n) is 13.5. The Bertz CT molecular complexity index is 968. The van der Waals surface area contributed by atoms with Gasteiger partial charge in [-0.25, -0.2) is 9.67 Å². The van der Waals surface area contributed by atoms with Gasteiger partial charge in [-0.1, -0.05) is 18.2 Å². The molecule has 1 aromatic carbocycles. The summed E-state index contributed by atoms with van der Waals surface area (Å²) in [6.07, 6.45) is 3.39. The predicted molar refractivity (Wildman–Crippen MR) is 92.2 cm³/mol. The van der Waals surface area contributed by atoms with Gasteiger partial charge in [0, 0.05) is 11.1 Å². The lowest BCUT2D eigenvalue weighted by atomic mass is 10.2. The molecule has 0 bridgehead atoms. The maximum absolute atomic E-state index is 5.80. The van der Waals surface area contributed by atoms with Crippen molar-refractivity contribution < 1.29 is 4.42 Å². The molecular weight excluding hydrogens is 302 g/mol. The fourth-order valence-electron chi connectivity index (χ4n) is 2.71. The lowest BCUT2D eigenvalue weighted by Crippen LogP contribution is -2.06. The lowest BCUT2D eigenvalue weighted by Gasteiger charge is -2.06. The highest BCUT2D eigenvalue weighted by Crippen LogP contribution is 2.19. The normalized spacial score (nSPS) is 11.1. The van der Waals surface area contributed by atoms with E-state index in [0.717, 1.165) is 28.1 Å². The molecule has 0 unspecified atom stereocenters. The minimum absolute atomic E-state index is 0.546. The van der Waals surface area contributed by atoms with Crippen LogP contribution in [0, 0.1) is 13.8 Å². The van der Waals surface area contributed by atoms with Crippen LogP contribution in [-0.2, 0) is 6.54 Å². The SMILES string of the molecule is Cc1cc(C)n(-c2cncc(NCc3cc4ccccc4o3)n2)n1. The fourth-order valence-corrected chi connectivity index (χ4v) is 2.71. The number of fused-ring (bicyclic) bond motifs is 1. The Labute approximate surface area is 139 Å². The molecule has 3 heterocycles. The van der Waals surface area contributed by atoms with Crippen LogP contribution >= 0.6 is 0 Å². The molecule has 1 N–H and O–H groups in total. The summed E-state index contributed by atoms with van der Waals surface area (Å²) in [5, 5.41) is 8.78. The summed E-state index contributed by atoms with van der Waals surface area (Å²) in [6.45, 7) is 4.50. The Balaban J connectivity index is 1.54. The van der Waals surface area contributed by atoms with Crippen LogP contribution in [0.3, 0.4) is 0 Å². The van der Waals surface area contributed by atoms with E-state index >= 15 is 0 Å². The largest absolute Gasteiger partial charge is 0.459 e. The third kappa shape index (κ3) is 2.74. The number of hydrogen-bond donors (Lipinski definition) is 1. The van der Waals surface area contributed by atoms with Crippen LogP contribution < -0.4 is 5.32 Å². The van der Waals surface area contributed by atoms with Gasteiger partial charge in [0.2, 0.25) is 0 Å². The van der Waals surface area contributed by atoms with Gasteiger partial charge in [-0.05, 0) is 32.0 Å². The van der Waals surface area contributed by atoms with Gasteiger partial charge >= 0.3 is 0 Å². The van der Waals surface area contributed by atoms with Crippen molar-refractivity contribution in [3.63, 3.8) is 0 Å². The quantitative estimate of drug-likeness (QED) is 0.622. The van der Waals surface area contributed by atoms with Gasteiger partial charge in [0.05, 0.1) is 24.6 Å². The van der Waals surface area contributed by atoms with Crippen molar-refractivity contribution in [3.8, 4) is 5.82 Å². The van der Waals surface area contributed by atoms with E-state index in [1.165, 1.54) is 0 Å². The highest BCUT2D eigenvalue weighted by atomic mass is 16.3. The van der Waals surface area contributed by atoms with Crippen molar-refractivity contribution in [1.29, 1.82) is 0 Å². The van der Waals surface area contributed by atoms with E-state index in [4.69, 9.17) is 4.42 Å². The Morgan fingerprint density at radius 3 is 2.79 bits per heavy atom. The van der Waals surface area contributed by atoms with Crippen molar-refractivity contribution in [2.45, 2.75) is 20.4 Å². The van der Waals surface area contributed by atoms with E-state index in [-0.39, 0.29) is 0 Å². The minimum atomic E-state index is 0.546. The summed E-state index contributed by atoms with van der Waals surface area (Å²) < 4.78 is 7.59. The molecule has 0 saturated heterocycles. The van der Waals surface area contributed by atoms with Crippen molar-refractivity contribution >= 4 is 16.8 Å². The summed E-state index contributed by atoms with van der Waals surface area (Å²) in [5.41, 5.74) is 2.86. The molecule has 0 saturated carbocycles. The number of nitrogens with one attached hydrogen (secondary N) is 1. The fraction of sp³-hybridized carbons (Fsp3) is 0.167. The van der Waals surface area contributed by atoms with Gasteiger partial charge in [0.1, 0.15) is 17.2 Å². The first-order chi connectivity index (χ1) is 11.7. The molecule has 0 fully saturated rings. The molecule has 0 radical (unpaired) electrons. The van der Waals surface area contributed by atoms with Crippen LogP contribution in [0.25, 0.3) is 16.8 Å². The van der Waals surface area contributed by atoms with Crippen molar-refractivity contribution in [2.24, 2.45) is 0 Å². The van der Waals surface area contributed by atoms with Crippen molar-refractivity contribution in [3.05, 3.63) is 65.9 Å². The number of nitrogens with zero attached hydrogens (tertiary/aromatic N) is 4. The molecule has 4 aromatic rings. The molecular formula is C18H17N5O. The maximum Gasteiger partial charge on any atom is 0.174 e. The average Bonchev–Trinajstić information content (AvgIpc) is 3.15. The maximum atomic E-state index is 5.80. The minimum Gasteiger partial charge on any atom is -0.459 e. The van der Waals surface area contributed by atoms with Gasteiger partial charge in [0.25, 0.3) is 0 Å². The molecule has 120 valence electrons. The van der Waals surface area contributed by atoms with Crippen molar-refractivity contribution in [2.75, 3.05) is 5.32 Å². The van der Waals surface area contributed by atoms with E-state index in [1.807, 2.05) is 50.2 Å². The summed E-state index contributed by atoms with van der Waals surface area (Å²) in [4.78, 5) is 8.82. The van der Waals surface area contributed by atoms with Crippen LogP contribution in [0.4, 0.5) is 5.82 Å². The Morgan fingerprint density at radius 1 is 1.12 bits per heavy atom. The highest BCUT2D eigenvalue weighted by Gasteiger charge is 2.07. The molecule has 6 nitrogen and oxygen atoms in total. The van der Waals surface area contributed by atoms with Crippen LogP contribution in [0.2, 0.25) is 0 Å². The third-order valence-corrected chi connectivity index (χ3v) is 3.77. The molecule has 3 aromatic heterocycles. The van der Waals surface area contributed by atoms with Gasteiger partial charge in [-0.15, -0.1) is 0 Å². The van der Waals surface area contributed by atoms with Crippen LogP contribution in [0.1, 0.15) is 17.1 Å². The molecule has 24 heavy (non-hydrogen) atoms. The van der Waals surface area contributed by atoms with E-state index in [1.54, 1.807) is 17.1 Å². The number of anilines is 1. The topological polar surface area (TPSA) is 68.8 Å². The second-order valence-corrected chi connectivity index (χ2v) is 5.71. The molecule has 0 aliphatic rings. The zero-order valence-corrected chi connectivity index (χ0v) is 13.5. The number of aromatic nitrogens is 4. The van der Waals surface area contributed by atoms with Gasteiger partial charge in [0.15, 0.2) is 5.82 Å². The summed E-state index contributed by atoms with van der Waals surface area (Å²) in [7, 11) is 0. The van der Waals surface area contributed by atoms with Gasteiger partial charge in [-0.3, -0.25) is 4.98 Å². The summed E-state index contributed by atoms with van der Waals surface area (Å²) >= 11 is 0. The molecule has 6 heteroatoms. The number of rotatable bonds is 4. The first-order valence-electron chi connectivity index (χ1n) is 7.76. The Morgan fingerprint density at radius 2 is 2.00 bits per heavy atom. The second kappa shape index (κ2) is 5.81. The number of para-hydroxylation sites is 1. The predicted octanol–water partition coefficient (Wildman–Crippen LogP) is 3.64. The standard InChI is InChI=1S/C18H17N5O/c1-12-7-13(2)23(22-12)18-11-19-10-17(21-18)20-9-15-8-14-5-3-4-6-16(14)24-15/h3-8,10-11H,9H2,1-2H3,(H,20,21). The van der Waals surface area contributed by atoms with Crippen LogP contribution in [-0.4, -0.2) is 19.7 Å². The molecule has 0 aliphatic heterocycles. The number of benzene rings is 1. The van der Waals surface area contributed by atoms with Crippen LogP contribution in [0.5, 0.6) is 0 Å². The monoisotopic (exact) mass is 319 g/mol. The second-order valence-electron chi connectivity index (χ2n) is 5.71. The van der Waals surface area contributed by atoms with E-state index in [9.17, 15) is 0 Å². The smallest absolute Gasteiger partial charge is 0.174 e. The van der Waals surface area contributed by atoms with Crippen molar-refractivity contribution in [1.82, 2.24) is 19.7 Å². The number of furan rings is 1. The first-order valence-corrected chi connectivity index (χ1v) is 7.76. The summed E-state index contributed by atoms with van der Waals surface area (Å²) in [6, 6.07) is 12.0. The van der Waals surface area contributed by atoms with Gasteiger partial charge < -0.3 is 9.73 Å². The first kappa shape index (κ1) is 14.4. The van der Waals surface area contributed by atoms with Gasteiger partial charge in [-0.2, -0.15) is 5.10 Å². The zero-order chi connectivity index (χ0) is 16.5. The molecule has 0 atom stereocenters. The van der Waals surface area contributed by atoms with E-state index < -0.39 is 0 Å². The molecule has 0 spiro atoms.